The van der Waals surface area contributed by atoms with Gasteiger partial charge in [0, 0.05) is 46.6 Å². The van der Waals surface area contributed by atoms with Crippen LogP contribution in [0.25, 0.3) is 0 Å². The van der Waals surface area contributed by atoms with Crippen LogP contribution in [0.4, 0.5) is 11.4 Å². The van der Waals surface area contributed by atoms with Gasteiger partial charge < -0.3 is 23.8 Å². The summed E-state index contributed by atoms with van der Waals surface area (Å²) < 4.78 is 25.3. The van der Waals surface area contributed by atoms with E-state index >= 15 is 0 Å². The molecule has 2 aromatic rings. The van der Waals surface area contributed by atoms with Gasteiger partial charge in [0.1, 0.15) is 7.05 Å². The quantitative estimate of drug-likeness (QED) is 0.292. The molecular formula is C37H42ClN2O4+. The number of allylic oxidation sites excluding steroid dienone is 8. The van der Waals surface area contributed by atoms with E-state index in [9.17, 15) is 0 Å². The van der Waals surface area contributed by atoms with Gasteiger partial charge in [0.15, 0.2) is 28.7 Å². The third-order valence-corrected chi connectivity index (χ3v) is 11.5. The maximum Gasteiger partial charge on any atom is 0.231 e. The summed E-state index contributed by atoms with van der Waals surface area (Å²) in [6.07, 6.45) is 14.9. The fourth-order valence-electron chi connectivity index (χ4n) is 8.26. The third-order valence-electron chi connectivity index (χ3n) is 11.0. The number of benzene rings is 2. The lowest BCUT2D eigenvalue weighted by molar-refractivity contribution is -0.401. The molecule has 7 heteroatoms. The van der Waals surface area contributed by atoms with Crippen LogP contribution < -0.4 is 23.8 Å². The lowest BCUT2D eigenvalue weighted by Gasteiger charge is -2.30. The van der Waals surface area contributed by atoms with Gasteiger partial charge in [-0.05, 0) is 73.4 Å². The SMILES string of the molecule is CCC1(CC)C(/C=C/C2=C(Cl)C(=C/C=C3\N(C)c4cc5c(cc4C3(CC)CC)OCO5)/CC2)=[N+](C)c2cc3c(cc21)OCO3. The lowest BCUT2D eigenvalue weighted by Crippen LogP contribution is -2.32. The van der Waals surface area contributed by atoms with Gasteiger partial charge in [0.25, 0.3) is 0 Å². The standard InChI is InChI=1S/C37H42ClN2O4/c1-7-36(8-2)25-17-29-31(43-21-41-29)19-27(25)39(5)33(36)15-13-23-11-12-24(35(23)38)14-16-34-37(9-3,10-4)26-18-30-32(44-22-42-30)20-28(26)40(34)6/h13-20H,7-12,21-22H2,1-6H3/q+1. The molecule has 44 heavy (non-hydrogen) atoms. The summed E-state index contributed by atoms with van der Waals surface area (Å²) in [5, 5.41) is 0.869. The van der Waals surface area contributed by atoms with Crippen molar-refractivity contribution in [3.63, 3.8) is 0 Å². The number of fused-ring (bicyclic) bond motifs is 4. The molecule has 4 heterocycles. The highest BCUT2D eigenvalue weighted by Gasteiger charge is 2.49. The maximum atomic E-state index is 7.11. The molecule has 0 unspecified atom stereocenters. The largest absolute Gasteiger partial charge is 0.454 e. The smallest absolute Gasteiger partial charge is 0.231 e. The minimum atomic E-state index is -0.0850. The molecule has 0 bridgehead atoms. The molecule has 0 fully saturated rings. The molecule has 0 atom stereocenters. The Morgan fingerprint density at radius 2 is 1.36 bits per heavy atom. The maximum absolute atomic E-state index is 7.11. The van der Waals surface area contributed by atoms with E-state index in [4.69, 9.17) is 30.5 Å². The van der Waals surface area contributed by atoms with Crippen LogP contribution in [0.5, 0.6) is 23.0 Å². The van der Waals surface area contributed by atoms with E-state index < -0.39 is 0 Å². The summed E-state index contributed by atoms with van der Waals surface area (Å²) in [6, 6.07) is 8.65. The van der Waals surface area contributed by atoms with Crippen LogP contribution in [0.2, 0.25) is 0 Å². The third kappa shape index (κ3) is 4.02. The molecule has 4 aliphatic heterocycles. The topological polar surface area (TPSA) is 43.2 Å². The first kappa shape index (κ1) is 29.1. The Balaban J connectivity index is 1.21. The van der Waals surface area contributed by atoms with Crippen LogP contribution >= 0.6 is 11.6 Å². The fourth-order valence-corrected chi connectivity index (χ4v) is 8.57. The zero-order valence-electron chi connectivity index (χ0n) is 26.7. The van der Waals surface area contributed by atoms with Gasteiger partial charge in [-0.2, -0.15) is 4.58 Å². The molecule has 0 radical (unpaired) electrons. The van der Waals surface area contributed by atoms with Crippen LogP contribution in [0.15, 0.2) is 70.4 Å². The Kier molecular flexibility index (Phi) is 7.12. The lowest BCUT2D eigenvalue weighted by atomic mass is 9.73. The first-order valence-corrected chi connectivity index (χ1v) is 16.4. The Labute approximate surface area is 265 Å². The molecule has 5 aliphatic rings. The van der Waals surface area contributed by atoms with Gasteiger partial charge in [-0.25, -0.2) is 0 Å². The van der Waals surface area contributed by atoms with Crippen LogP contribution in [0, 0.1) is 0 Å². The molecule has 0 saturated carbocycles. The highest BCUT2D eigenvalue weighted by atomic mass is 35.5. The zero-order chi connectivity index (χ0) is 30.8. The Morgan fingerprint density at radius 1 is 0.773 bits per heavy atom. The molecule has 0 saturated heterocycles. The summed E-state index contributed by atoms with van der Waals surface area (Å²) in [5.74, 6) is 3.33. The van der Waals surface area contributed by atoms with Crippen molar-refractivity contribution in [3.05, 3.63) is 81.6 Å². The summed E-state index contributed by atoms with van der Waals surface area (Å²) in [6.45, 7) is 9.68. The van der Waals surface area contributed by atoms with E-state index in [1.54, 1.807) is 0 Å². The molecule has 0 N–H and O–H groups in total. The molecule has 230 valence electrons. The number of ether oxygens (including phenoxy) is 4. The Bertz CT molecular complexity index is 1700. The van der Waals surface area contributed by atoms with E-state index in [1.807, 2.05) is 0 Å². The van der Waals surface area contributed by atoms with Gasteiger partial charge >= 0.3 is 0 Å². The van der Waals surface area contributed by atoms with Gasteiger partial charge in [0.05, 0.1) is 11.5 Å². The van der Waals surface area contributed by atoms with Crippen LogP contribution in [0.3, 0.4) is 0 Å². The predicted molar refractivity (Wildman–Crippen MR) is 176 cm³/mol. The zero-order valence-corrected chi connectivity index (χ0v) is 27.4. The average molecular weight is 614 g/mol. The number of hydrogen-bond acceptors (Lipinski definition) is 5. The summed E-state index contributed by atoms with van der Waals surface area (Å²) in [7, 11) is 4.32. The van der Waals surface area contributed by atoms with Gasteiger partial charge in [0.2, 0.25) is 19.3 Å². The second-order valence-electron chi connectivity index (χ2n) is 12.4. The predicted octanol–water partition coefficient (Wildman–Crippen LogP) is 8.79. The molecule has 0 spiro atoms. The van der Waals surface area contributed by atoms with Crippen molar-refractivity contribution in [2.24, 2.45) is 0 Å². The molecule has 0 aromatic heterocycles. The monoisotopic (exact) mass is 613 g/mol. The van der Waals surface area contributed by atoms with E-state index in [2.05, 4.69) is 99.8 Å². The van der Waals surface area contributed by atoms with E-state index in [1.165, 1.54) is 45.1 Å². The number of nitrogens with zero attached hydrogens (tertiary/aromatic N) is 2. The van der Waals surface area contributed by atoms with Gasteiger partial charge in [-0.3, -0.25) is 0 Å². The van der Waals surface area contributed by atoms with Crippen LogP contribution in [0.1, 0.15) is 77.3 Å². The summed E-state index contributed by atoms with van der Waals surface area (Å²) >= 11 is 7.11. The minimum Gasteiger partial charge on any atom is -0.454 e. The number of anilines is 1. The van der Waals surface area contributed by atoms with Crippen molar-refractivity contribution < 1.29 is 23.5 Å². The normalized spacial score (nSPS) is 22.4. The molecule has 1 aliphatic carbocycles. The summed E-state index contributed by atoms with van der Waals surface area (Å²) in [5.41, 5.74) is 9.80. The van der Waals surface area contributed by atoms with Crippen molar-refractivity contribution in [1.29, 1.82) is 0 Å². The van der Waals surface area contributed by atoms with E-state index in [-0.39, 0.29) is 24.4 Å². The average Bonchev–Trinajstić information content (AvgIpc) is 3.85. The molecular weight excluding hydrogens is 572 g/mol. The first-order chi connectivity index (χ1) is 21.3. The second kappa shape index (κ2) is 10.8. The number of likely N-dealkylation sites (N-methyl/N-ethyl adjacent to an activating group) is 1. The van der Waals surface area contributed by atoms with Crippen molar-refractivity contribution in [2.45, 2.75) is 77.0 Å². The Hall–Kier alpha value is -3.64. The highest BCUT2D eigenvalue weighted by Crippen LogP contribution is 2.55. The van der Waals surface area contributed by atoms with Gasteiger partial charge in [-0.1, -0.05) is 51.4 Å². The molecule has 6 nitrogen and oxygen atoms in total. The van der Waals surface area contributed by atoms with Gasteiger partial charge in [-0.15, -0.1) is 0 Å². The van der Waals surface area contributed by atoms with Crippen LogP contribution in [-0.4, -0.2) is 38.0 Å². The first-order valence-electron chi connectivity index (χ1n) is 16.0. The van der Waals surface area contributed by atoms with E-state index in [0.717, 1.165) is 66.6 Å². The molecule has 2 aromatic carbocycles. The number of rotatable bonds is 7. The highest BCUT2D eigenvalue weighted by molar-refractivity contribution is 6.33. The molecule has 0 amide bonds. The Morgan fingerprint density at radius 3 is 2.00 bits per heavy atom. The number of hydrogen-bond donors (Lipinski definition) is 0. The van der Waals surface area contributed by atoms with Crippen molar-refractivity contribution in [3.8, 4) is 23.0 Å². The molecule has 7 rings (SSSR count). The van der Waals surface area contributed by atoms with E-state index in [0.29, 0.717) is 0 Å². The minimum absolute atomic E-state index is 0.0850. The fraction of sp³-hybridized carbons (Fsp3) is 0.432. The van der Waals surface area contributed by atoms with Crippen molar-refractivity contribution >= 4 is 28.7 Å². The second-order valence-corrected chi connectivity index (χ2v) is 12.8. The van der Waals surface area contributed by atoms with Crippen molar-refractivity contribution in [2.75, 3.05) is 32.6 Å². The van der Waals surface area contributed by atoms with Crippen molar-refractivity contribution in [1.82, 2.24) is 0 Å². The summed E-state index contributed by atoms with van der Waals surface area (Å²) in [4.78, 5) is 2.32. The number of halogens is 1. The van der Waals surface area contributed by atoms with Crippen LogP contribution in [-0.2, 0) is 10.8 Å².